The summed E-state index contributed by atoms with van der Waals surface area (Å²) < 4.78 is 5.48. The third kappa shape index (κ3) is 8.98. The lowest BCUT2D eigenvalue weighted by Crippen LogP contribution is -2.55. The van der Waals surface area contributed by atoms with Crippen molar-refractivity contribution in [1.29, 1.82) is 0 Å². The molecule has 0 aliphatic heterocycles. The van der Waals surface area contributed by atoms with Crippen LogP contribution in [0.25, 0.3) is 10.8 Å². The molecule has 3 atom stereocenters. The Morgan fingerprint density at radius 1 is 0.976 bits per heavy atom. The zero-order chi connectivity index (χ0) is 30.2. The Morgan fingerprint density at radius 2 is 1.63 bits per heavy atom. The summed E-state index contributed by atoms with van der Waals surface area (Å²) in [6.07, 6.45) is 2.32. The molecule has 0 saturated carbocycles. The first-order chi connectivity index (χ1) is 19.4. The van der Waals surface area contributed by atoms with E-state index in [-0.39, 0.29) is 17.9 Å². The summed E-state index contributed by atoms with van der Waals surface area (Å²) in [5.74, 6) is 0.0103. The maximum atomic E-state index is 14.3. The number of benzene rings is 3. The molecule has 0 radical (unpaired) electrons. The van der Waals surface area contributed by atoms with Crippen molar-refractivity contribution in [3.05, 3.63) is 77.9 Å². The van der Waals surface area contributed by atoms with E-state index in [1.165, 1.54) is 0 Å². The van der Waals surface area contributed by atoms with Gasteiger partial charge in [-0.05, 0) is 87.9 Å². The Labute approximate surface area is 248 Å². The molecule has 3 rings (SSSR count). The summed E-state index contributed by atoms with van der Waals surface area (Å²) in [5, 5.41) is 7.94. The standard InChI is InChI=1S/C33H43N3O4S/c1-8-23(3)36(31(38)28(19-20-41-7)35-32(39)40-33(4,5)6)29(25-15-13-22(2)14-16-25)30(37)34-27-18-17-24-11-9-10-12-26(24)21-27/h9-18,21,23,28-29H,8,19-20H2,1-7H3,(H,34,37)(H,35,39). The number of amides is 3. The van der Waals surface area contributed by atoms with Gasteiger partial charge in [0.1, 0.15) is 17.7 Å². The Balaban J connectivity index is 2.03. The van der Waals surface area contributed by atoms with E-state index in [1.54, 1.807) is 37.4 Å². The molecule has 0 spiro atoms. The number of alkyl carbamates (subject to hydrolysis) is 1. The molecule has 3 unspecified atom stereocenters. The summed E-state index contributed by atoms with van der Waals surface area (Å²) in [6, 6.07) is 19.3. The molecule has 3 aromatic rings. The number of hydrogen-bond acceptors (Lipinski definition) is 5. The zero-order valence-electron chi connectivity index (χ0n) is 25.2. The van der Waals surface area contributed by atoms with Gasteiger partial charge in [-0.25, -0.2) is 4.79 Å². The second-order valence-corrected chi connectivity index (χ2v) is 12.3. The van der Waals surface area contributed by atoms with Crippen LogP contribution in [0.3, 0.4) is 0 Å². The van der Waals surface area contributed by atoms with Gasteiger partial charge in [0.25, 0.3) is 5.91 Å². The van der Waals surface area contributed by atoms with Crippen LogP contribution in [0.4, 0.5) is 10.5 Å². The Kier molecular flexibility index (Phi) is 11.2. The van der Waals surface area contributed by atoms with Gasteiger partial charge in [-0.1, -0.05) is 67.1 Å². The van der Waals surface area contributed by atoms with Crippen molar-refractivity contribution in [3.63, 3.8) is 0 Å². The topological polar surface area (TPSA) is 87.7 Å². The molecule has 0 fully saturated rings. The maximum Gasteiger partial charge on any atom is 0.408 e. The van der Waals surface area contributed by atoms with Crippen molar-refractivity contribution >= 4 is 46.1 Å². The second-order valence-electron chi connectivity index (χ2n) is 11.3. The molecule has 0 saturated heterocycles. The number of carbonyl (C=O) groups is 3. The Hall–Kier alpha value is -3.52. The molecule has 3 aromatic carbocycles. The number of fused-ring (bicyclic) bond motifs is 1. The first-order valence-corrected chi connectivity index (χ1v) is 15.5. The summed E-state index contributed by atoms with van der Waals surface area (Å²) in [5.41, 5.74) is 1.68. The van der Waals surface area contributed by atoms with Crippen molar-refractivity contribution in [2.45, 2.75) is 78.1 Å². The predicted octanol–water partition coefficient (Wildman–Crippen LogP) is 7.10. The van der Waals surface area contributed by atoms with Gasteiger partial charge in [-0.15, -0.1) is 0 Å². The van der Waals surface area contributed by atoms with E-state index in [0.29, 0.717) is 29.8 Å². The lowest BCUT2D eigenvalue weighted by atomic mass is 9.98. The number of anilines is 1. The van der Waals surface area contributed by atoms with Gasteiger partial charge in [0.2, 0.25) is 5.91 Å². The molecule has 0 aliphatic rings. The van der Waals surface area contributed by atoms with Gasteiger partial charge < -0.3 is 20.3 Å². The highest BCUT2D eigenvalue weighted by Crippen LogP contribution is 2.29. The minimum Gasteiger partial charge on any atom is -0.444 e. The van der Waals surface area contributed by atoms with Crippen LogP contribution in [0.1, 0.15) is 64.6 Å². The summed E-state index contributed by atoms with van der Waals surface area (Å²) in [7, 11) is 0. The molecule has 0 bridgehead atoms. The van der Waals surface area contributed by atoms with Gasteiger partial charge in [0.15, 0.2) is 0 Å². The summed E-state index contributed by atoms with van der Waals surface area (Å²) >= 11 is 1.59. The van der Waals surface area contributed by atoms with Crippen molar-refractivity contribution in [2.75, 3.05) is 17.3 Å². The predicted molar refractivity (Wildman–Crippen MR) is 169 cm³/mol. The third-order valence-electron chi connectivity index (χ3n) is 6.86. The van der Waals surface area contributed by atoms with E-state index in [0.717, 1.165) is 16.3 Å². The minimum absolute atomic E-state index is 0.284. The fourth-order valence-electron chi connectivity index (χ4n) is 4.58. The number of carbonyl (C=O) groups excluding carboxylic acids is 3. The molecular formula is C33H43N3O4S. The molecule has 41 heavy (non-hydrogen) atoms. The smallest absolute Gasteiger partial charge is 0.408 e. The van der Waals surface area contributed by atoms with Crippen LogP contribution >= 0.6 is 11.8 Å². The second kappa shape index (κ2) is 14.4. The van der Waals surface area contributed by atoms with Crippen molar-refractivity contribution in [2.24, 2.45) is 0 Å². The van der Waals surface area contributed by atoms with Gasteiger partial charge in [0, 0.05) is 11.7 Å². The number of nitrogens with one attached hydrogen (secondary N) is 2. The van der Waals surface area contributed by atoms with Crippen molar-refractivity contribution in [3.8, 4) is 0 Å². The van der Waals surface area contributed by atoms with E-state index in [1.807, 2.05) is 93.8 Å². The zero-order valence-corrected chi connectivity index (χ0v) is 26.0. The largest absolute Gasteiger partial charge is 0.444 e. The molecule has 0 aliphatic carbocycles. The Bertz CT molecular complexity index is 1340. The normalized spacial score (nSPS) is 13.6. The van der Waals surface area contributed by atoms with Crippen LogP contribution in [-0.4, -0.2) is 52.5 Å². The van der Waals surface area contributed by atoms with Crippen LogP contribution in [0.5, 0.6) is 0 Å². The molecule has 220 valence electrons. The molecule has 0 heterocycles. The molecule has 3 amide bonds. The first-order valence-electron chi connectivity index (χ1n) is 14.1. The maximum absolute atomic E-state index is 14.3. The fraction of sp³-hybridized carbons (Fsp3) is 0.424. The monoisotopic (exact) mass is 577 g/mol. The number of ether oxygens (including phenoxy) is 1. The quantitative estimate of drug-likeness (QED) is 0.254. The van der Waals surface area contributed by atoms with Crippen LogP contribution in [-0.2, 0) is 14.3 Å². The third-order valence-corrected chi connectivity index (χ3v) is 7.50. The van der Waals surface area contributed by atoms with Crippen LogP contribution in [0, 0.1) is 6.92 Å². The number of rotatable bonds is 11. The molecule has 8 heteroatoms. The van der Waals surface area contributed by atoms with Gasteiger partial charge >= 0.3 is 6.09 Å². The highest BCUT2D eigenvalue weighted by Gasteiger charge is 2.38. The summed E-state index contributed by atoms with van der Waals surface area (Å²) in [4.78, 5) is 42.9. The van der Waals surface area contributed by atoms with E-state index >= 15 is 0 Å². The lowest BCUT2D eigenvalue weighted by Gasteiger charge is -2.38. The van der Waals surface area contributed by atoms with Gasteiger partial charge in [-0.3, -0.25) is 9.59 Å². The van der Waals surface area contributed by atoms with Crippen LogP contribution in [0.15, 0.2) is 66.7 Å². The van der Waals surface area contributed by atoms with E-state index in [9.17, 15) is 14.4 Å². The fourth-order valence-corrected chi connectivity index (χ4v) is 5.05. The average Bonchev–Trinajstić information content (AvgIpc) is 2.92. The van der Waals surface area contributed by atoms with E-state index in [4.69, 9.17) is 4.74 Å². The molecule has 0 aromatic heterocycles. The van der Waals surface area contributed by atoms with Gasteiger partial charge in [0.05, 0.1) is 0 Å². The van der Waals surface area contributed by atoms with Crippen LogP contribution < -0.4 is 10.6 Å². The van der Waals surface area contributed by atoms with Crippen molar-refractivity contribution in [1.82, 2.24) is 10.2 Å². The SMILES string of the molecule is CCC(C)N(C(=O)C(CCSC)NC(=O)OC(C)(C)C)C(C(=O)Nc1ccc2ccccc2c1)c1ccc(C)cc1. The molecule has 7 nitrogen and oxygen atoms in total. The first kappa shape index (κ1) is 32.0. The lowest BCUT2D eigenvalue weighted by molar-refractivity contribution is -0.143. The summed E-state index contributed by atoms with van der Waals surface area (Å²) in [6.45, 7) is 11.2. The van der Waals surface area contributed by atoms with Crippen molar-refractivity contribution < 1.29 is 19.1 Å². The number of nitrogens with zero attached hydrogens (tertiary/aromatic N) is 1. The highest BCUT2D eigenvalue weighted by molar-refractivity contribution is 7.98. The number of aryl methyl sites for hydroxylation is 1. The average molecular weight is 578 g/mol. The minimum atomic E-state index is -0.915. The Morgan fingerprint density at radius 3 is 2.24 bits per heavy atom. The van der Waals surface area contributed by atoms with Crippen LogP contribution in [0.2, 0.25) is 0 Å². The van der Waals surface area contributed by atoms with E-state index < -0.39 is 23.8 Å². The highest BCUT2D eigenvalue weighted by atomic mass is 32.2. The number of hydrogen-bond donors (Lipinski definition) is 2. The van der Waals surface area contributed by atoms with Gasteiger partial charge in [-0.2, -0.15) is 11.8 Å². The van der Waals surface area contributed by atoms with E-state index in [2.05, 4.69) is 10.6 Å². The molecular weight excluding hydrogens is 534 g/mol. The molecule has 2 N–H and O–H groups in total. The number of thioether (sulfide) groups is 1.